The molecule has 0 spiro atoms. The van der Waals surface area contributed by atoms with Crippen molar-refractivity contribution in [2.24, 2.45) is 0 Å². The normalized spacial score (nSPS) is 10.6. The minimum atomic E-state index is -0.614. The third-order valence-electron chi connectivity index (χ3n) is 4.00. The molecule has 1 heterocycles. The maximum atomic E-state index is 13.7. The van der Waals surface area contributed by atoms with Gasteiger partial charge < -0.3 is 10.1 Å². The van der Waals surface area contributed by atoms with Crippen molar-refractivity contribution < 1.29 is 18.7 Å². The van der Waals surface area contributed by atoms with Crippen LogP contribution in [0.5, 0.6) is 0 Å². The highest BCUT2D eigenvalue weighted by Crippen LogP contribution is 2.15. The smallest absolute Gasteiger partial charge is 0.311 e. The fraction of sp³-hybridized carbons (Fsp3) is 0.200. The lowest BCUT2D eigenvalue weighted by atomic mass is 10.1. The van der Waals surface area contributed by atoms with Crippen LogP contribution in [0.2, 0.25) is 0 Å². The third-order valence-corrected chi connectivity index (χ3v) is 4.00. The van der Waals surface area contributed by atoms with Crippen molar-refractivity contribution in [1.82, 2.24) is 9.78 Å². The van der Waals surface area contributed by atoms with Crippen LogP contribution in [0.15, 0.2) is 53.3 Å². The maximum Gasteiger partial charge on any atom is 0.311 e. The molecule has 0 fully saturated rings. The van der Waals surface area contributed by atoms with E-state index >= 15 is 0 Å². The van der Waals surface area contributed by atoms with Gasteiger partial charge in [-0.3, -0.25) is 14.4 Å². The summed E-state index contributed by atoms with van der Waals surface area (Å²) >= 11 is 0. The first-order valence-corrected chi connectivity index (χ1v) is 8.68. The lowest BCUT2D eigenvalue weighted by Gasteiger charge is -2.11. The number of esters is 1. The van der Waals surface area contributed by atoms with Gasteiger partial charge >= 0.3 is 5.97 Å². The molecular formula is C20H18FN3O4. The number of ether oxygens (including phenoxy) is 1. The van der Waals surface area contributed by atoms with E-state index in [4.69, 9.17) is 4.74 Å². The topological polar surface area (TPSA) is 90.3 Å². The summed E-state index contributed by atoms with van der Waals surface area (Å²) in [5.74, 6) is -1.68. The van der Waals surface area contributed by atoms with Crippen molar-refractivity contribution >= 4 is 28.3 Å². The van der Waals surface area contributed by atoms with Crippen LogP contribution in [-0.4, -0.2) is 28.3 Å². The van der Waals surface area contributed by atoms with Gasteiger partial charge in [-0.25, -0.2) is 9.07 Å². The standard InChI is InChI=1S/C20H18FN3O4/c1-2-28-19(26)11-17-13-7-3-4-8-14(13)20(27)24(23-17)12-18(25)22-16-10-6-5-9-15(16)21/h3-10H,2,11-12H2,1H3,(H,22,25). The summed E-state index contributed by atoms with van der Waals surface area (Å²) in [5, 5.41) is 7.43. The Morgan fingerprint density at radius 2 is 1.79 bits per heavy atom. The van der Waals surface area contributed by atoms with Crippen LogP contribution in [0.4, 0.5) is 10.1 Å². The maximum absolute atomic E-state index is 13.7. The second kappa shape index (κ2) is 8.43. The molecule has 0 unspecified atom stereocenters. The summed E-state index contributed by atoms with van der Waals surface area (Å²) in [7, 11) is 0. The number of rotatable bonds is 6. The Bertz CT molecular complexity index is 1090. The number of halogens is 1. The van der Waals surface area contributed by atoms with Crippen LogP contribution in [0.25, 0.3) is 10.8 Å². The van der Waals surface area contributed by atoms with Crippen molar-refractivity contribution in [3.05, 3.63) is 70.4 Å². The molecule has 2 aromatic carbocycles. The summed E-state index contributed by atoms with van der Waals surface area (Å²) in [6.07, 6.45) is -0.135. The fourth-order valence-corrected chi connectivity index (χ4v) is 2.78. The summed E-state index contributed by atoms with van der Waals surface area (Å²) in [5.41, 5.74) is -0.146. The third kappa shape index (κ3) is 4.22. The average molecular weight is 383 g/mol. The van der Waals surface area contributed by atoms with Gasteiger partial charge in [0.1, 0.15) is 12.4 Å². The molecule has 0 aliphatic heterocycles. The number of nitrogens with zero attached hydrogens (tertiary/aromatic N) is 2. The molecule has 3 aromatic rings. The summed E-state index contributed by atoms with van der Waals surface area (Å²) < 4.78 is 19.6. The van der Waals surface area contributed by atoms with Gasteiger partial charge in [0.25, 0.3) is 5.56 Å². The number of carbonyl (C=O) groups excluding carboxylic acids is 2. The summed E-state index contributed by atoms with van der Waals surface area (Å²) in [6, 6.07) is 12.4. The van der Waals surface area contributed by atoms with E-state index in [9.17, 15) is 18.8 Å². The molecule has 0 aliphatic rings. The van der Waals surface area contributed by atoms with Gasteiger partial charge in [-0.05, 0) is 25.1 Å². The molecule has 28 heavy (non-hydrogen) atoms. The van der Waals surface area contributed by atoms with Crippen molar-refractivity contribution in [3.63, 3.8) is 0 Å². The van der Waals surface area contributed by atoms with Crippen LogP contribution in [0, 0.1) is 5.82 Å². The van der Waals surface area contributed by atoms with Crippen molar-refractivity contribution in [2.45, 2.75) is 19.9 Å². The molecule has 0 atom stereocenters. The number of fused-ring (bicyclic) bond motifs is 1. The van der Waals surface area contributed by atoms with Gasteiger partial charge in [-0.1, -0.05) is 30.3 Å². The van der Waals surface area contributed by atoms with Gasteiger partial charge in [0, 0.05) is 5.39 Å². The number of amides is 1. The zero-order valence-corrected chi connectivity index (χ0v) is 15.1. The summed E-state index contributed by atoms with van der Waals surface area (Å²) in [4.78, 5) is 36.8. The number of para-hydroxylation sites is 1. The van der Waals surface area contributed by atoms with Gasteiger partial charge in [0.2, 0.25) is 5.91 Å². The Kier molecular flexibility index (Phi) is 5.78. The molecule has 1 aromatic heterocycles. The van der Waals surface area contributed by atoms with E-state index < -0.39 is 29.8 Å². The lowest BCUT2D eigenvalue weighted by Crippen LogP contribution is -2.31. The van der Waals surface area contributed by atoms with Crippen LogP contribution in [0.3, 0.4) is 0 Å². The number of benzene rings is 2. The molecule has 7 nitrogen and oxygen atoms in total. The van der Waals surface area contributed by atoms with Gasteiger partial charge in [-0.15, -0.1) is 0 Å². The van der Waals surface area contributed by atoms with E-state index in [1.807, 2.05) is 0 Å². The van der Waals surface area contributed by atoms with E-state index in [1.165, 1.54) is 18.2 Å². The minimum Gasteiger partial charge on any atom is -0.466 e. The monoisotopic (exact) mass is 383 g/mol. The minimum absolute atomic E-state index is 0.00749. The van der Waals surface area contributed by atoms with Crippen molar-refractivity contribution in [1.29, 1.82) is 0 Å². The van der Waals surface area contributed by atoms with Crippen LogP contribution in [0.1, 0.15) is 12.6 Å². The lowest BCUT2D eigenvalue weighted by molar-refractivity contribution is -0.142. The van der Waals surface area contributed by atoms with Gasteiger partial charge in [0.15, 0.2) is 0 Å². The Morgan fingerprint density at radius 1 is 1.11 bits per heavy atom. The van der Waals surface area contributed by atoms with E-state index in [0.29, 0.717) is 16.5 Å². The first-order valence-electron chi connectivity index (χ1n) is 8.68. The first-order chi connectivity index (χ1) is 13.5. The second-order valence-corrected chi connectivity index (χ2v) is 5.96. The quantitative estimate of drug-likeness (QED) is 0.660. The molecule has 0 bridgehead atoms. The number of aromatic nitrogens is 2. The highest BCUT2D eigenvalue weighted by Gasteiger charge is 2.16. The Morgan fingerprint density at radius 3 is 2.50 bits per heavy atom. The number of anilines is 1. The Hall–Kier alpha value is -3.55. The molecule has 144 valence electrons. The SMILES string of the molecule is CCOC(=O)Cc1nn(CC(=O)Nc2ccccc2F)c(=O)c2ccccc12. The van der Waals surface area contributed by atoms with Crippen LogP contribution in [-0.2, 0) is 27.3 Å². The predicted molar refractivity (Wildman–Crippen MR) is 101 cm³/mol. The number of hydrogen-bond acceptors (Lipinski definition) is 5. The molecule has 0 radical (unpaired) electrons. The van der Waals surface area contributed by atoms with Crippen LogP contribution < -0.4 is 10.9 Å². The van der Waals surface area contributed by atoms with E-state index in [-0.39, 0.29) is 18.7 Å². The second-order valence-electron chi connectivity index (χ2n) is 5.96. The highest BCUT2D eigenvalue weighted by molar-refractivity contribution is 5.91. The average Bonchev–Trinajstić information content (AvgIpc) is 2.67. The van der Waals surface area contributed by atoms with E-state index in [1.54, 1.807) is 37.3 Å². The molecule has 3 rings (SSSR count). The number of hydrogen-bond donors (Lipinski definition) is 1. The first kappa shape index (κ1) is 19.2. The number of nitrogens with one attached hydrogen (secondary N) is 1. The van der Waals surface area contributed by atoms with E-state index in [2.05, 4.69) is 10.4 Å². The zero-order chi connectivity index (χ0) is 20.1. The van der Waals surface area contributed by atoms with E-state index in [0.717, 1.165) is 4.68 Å². The van der Waals surface area contributed by atoms with Crippen molar-refractivity contribution in [2.75, 3.05) is 11.9 Å². The summed E-state index contributed by atoms with van der Waals surface area (Å²) in [6.45, 7) is 1.49. The zero-order valence-electron chi connectivity index (χ0n) is 15.1. The molecule has 1 N–H and O–H groups in total. The highest BCUT2D eigenvalue weighted by atomic mass is 19.1. The fourth-order valence-electron chi connectivity index (χ4n) is 2.78. The molecule has 0 saturated heterocycles. The Labute approximate surface area is 159 Å². The van der Waals surface area contributed by atoms with Crippen molar-refractivity contribution in [3.8, 4) is 0 Å². The van der Waals surface area contributed by atoms with Gasteiger partial charge in [0.05, 0.1) is 29.8 Å². The largest absolute Gasteiger partial charge is 0.466 e. The number of carbonyl (C=O) groups is 2. The van der Waals surface area contributed by atoms with Crippen LogP contribution >= 0.6 is 0 Å². The predicted octanol–water partition coefficient (Wildman–Crippen LogP) is 2.28. The Balaban J connectivity index is 1.93. The molecule has 1 amide bonds. The molecule has 0 saturated carbocycles. The molecule has 0 aliphatic carbocycles. The molecule has 8 heteroatoms. The molecular weight excluding hydrogens is 365 g/mol. The van der Waals surface area contributed by atoms with Gasteiger partial charge in [-0.2, -0.15) is 5.10 Å².